The van der Waals surface area contributed by atoms with Gasteiger partial charge in [0.05, 0.1) is 24.8 Å². The van der Waals surface area contributed by atoms with Crippen LogP contribution < -0.4 is 24.6 Å². The zero-order valence-corrected chi connectivity index (χ0v) is 23.5. The Kier molecular flexibility index (Phi) is 8.13. The Morgan fingerprint density at radius 3 is 1.41 bits per heavy atom. The lowest BCUT2D eigenvalue weighted by molar-refractivity contribution is 0.399. The molecule has 0 saturated heterocycles. The van der Waals surface area contributed by atoms with Crippen molar-refractivity contribution in [1.82, 2.24) is 0 Å². The van der Waals surface area contributed by atoms with Crippen molar-refractivity contribution >= 4 is 42.0 Å². The molecule has 0 bridgehead atoms. The predicted molar refractivity (Wildman–Crippen MR) is 147 cm³/mol. The molecule has 0 fully saturated rings. The molecule has 0 atom stereocenters. The van der Waals surface area contributed by atoms with Gasteiger partial charge in [-0.2, -0.15) is 0 Å². The highest BCUT2D eigenvalue weighted by molar-refractivity contribution is 7.69. The van der Waals surface area contributed by atoms with Gasteiger partial charge in [-0.3, -0.25) is 0 Å². The molecule has 0 spiro atoms. The van der Waals surface area contributed by atoms with Crippen LogP contribution in [0.3, 0.4) is 0 Å². The molecule has 0 radical (unpaired) electrons. The molecule has 0 aromatic heterocycles. The summed E-state index contributed by atoms with van der Waals surface area (Å²) in [6.45, 7) is 12.9. The Morgan fingerprint density at radius 2 is 1.06 bits per heavy atom. The SMILES string of the molecule is COc1c(P(Oc2ccccc2)c2cc(Cl)cc(C(C)(C)C)c2OC)cc(Cl)cc1C(C)(C)C. The van der Waals surface area contributed by atoms with Gasteiger partial charge in [-0.05, 0) is 47.2 Å². The normalized spacial score (nSPS) is 12.1. The molecule has 34 heavy (non-hydrogen) atoms. The van der Waals surface area contributed by atoms with E-state index >= 15 is 0 Å². The fraction of sp³-hybridized carbons (Fsp3) is 0.357. The van der Waals surface area contributed by atoms with Crippen molar-refractivity contribution < 1.29 is 14.0 Å². The molecule has 0 unspecified atom stereocenters. The van der Waals surface area contributed by atoms with Crippen molar-refractivity contribution in [3.05, 3.63) is 75.8 Å². The number of methoxy groups -OCH3 is 2. The average Bonchev–Trinajstić information content (AvgIpc) is 2.76. The van der Waals surface area contributed by atoms with Gasteiger partial charge >= 0.3 is 0 Å². The highest BCUT2D eigenvalue weighted by atomic mass is 35.5. The Balaban J connectivity index is 2.39. The van der Waals surface area contributed by atoms with Crippen LogP contribution in [0.15, 0.2) is 54.6 Å². The van der Waals surface area contributed by atoms with E-state index in [0.29, 0.717) is 10.0 Å². The number of hydrogen-bond acceptors (Lipinski definition) is 3. The highest BCUT2D eigenvalue weighted by Gasteiger charge is 2.33. The van der Waals surface area contributed by atoms with Crippen molar-refractivity contribution in [2.24, 2.45) is 0 Å². The first-order chi connectivity index (χ1) is 15.9. The van der Waals surface area contributed by atoms with Gasteiger partial charge in [-0.1, -0.05) is 82.9 Å². The van der Waals surface area contributed by atoms with E-state index in [1.807, 2.05) is 54.6 Å². The maximum Gasteiger partial charge on any atom is 0.158 e. The zero-order valence-electron chi connectivity index (χ0n) is 21.1. The van der Waals surface area contributed by atoms with E-state index in [4.69, 9.17) is 37.2 Å². The highest BCUT2D eigenvalue weighted by Crippen LogP contribution is 2.47. The van der Waals surface area contributed by atoms with Crippen molar-refractivity contribution in [3.8, 4) is 17.2 Å². The van der Waals surface area contributed by atoms with Crippen molar-refractivity contribution in [2.75, 3.05) is 14.2 Å². The summed E-state index contributed by atoms with van der Waals surface area (Å²) in [5.41, 5.74) is 1.65. The lowest BCUT2D eigenvalue weighted by Gasteiger charge is -2.30. The molecule has 0 amide bonds. The monoisotopic (exact) mass is 518 g/mol. The van der Waals surface area contributed by atoms with Crippen LogP contribution in [-0.2, 0) is 10.8 Å². The summed E-state index contributed by atoms with van der Waals surface area (Å²) in [7, 11) is 1.92. The Bertz CT molecular complexity index is 1080. The van der Waals surface area contributed by atoms with Gasteiger partial charge in [0, 0.05) is 21.2 Å². The van der Waals surface area contributed by atoms with Crippen molar-refractivity contribution in [1.29, 1.82) is 0 Å². The van der Waals surface area contributed by atoms with Gasteiger partial charge in [0.25, 0.3) is 0 Å². The molecular formula is C28H33Cl2O3P. The summed E-state index contributed by atoms with van der Waals surface area (Å²) in [6.07, 6.45) is 0. The number of benzene rings is 3. The Morgan fingerprint density at radius 1 is 0.647 bits per heavy atom. The van der Waals surface area contributed by atoms with Gasteiger partial charge in [-0.25, -0.2) is 0 Å². The summed E-state index contributed by atoms with van der Waals surface area (Å²) in [5.74, 6) is 2.27. The number of ether oxygens (including phenoxy) is 2. The molecule has 0 aliphatic heterocycles. The average molecular weight is 519 g/mol. The van der Waals surface area contributed by atoms with E-state index in [1.54, 1.807) is 14.2 Å². The van der Waals surface area contributed by atoms with Crippen LogP contribution in [0.4, 0.5) is 0 Å². The van der Waals surface area contributed by atoms with Gasteiger partial charge in [0.1, 0.15) is 17.2 Å². The minimum absolute atomic E-state index is 0.187. The standard InChI is InChI=1S/C28H33Cl2O3P/c1-27(2,3)21-14-18(29)16-23(25(21)31-7)34(33-20-12-10-9-11-13-20)24-17-19(30)15-22(26(24)32-8)28(4,5)6/h9-17H,1-8H3. The largest absolute Gasteiger partial charge is 0.496 e. The van der Waals surface area contributed by atoms with Crippen LogP contribution in [0.25, 0.3) is 0 Å². The first kappa shape index (κ1) is 26.7. The molecule has 3 aromatic carbocycles. The molecule has 182 valence electrons. The fourth-order valence-corrected chi connectivity index (χ4v) is 6.50. The number of para-hydroxylation sites is 1. The van der Waals surface area contributed by atoms with Crippen LogP contribution in [-0.4, -0.2) is 14.2 Å². The van der Waals surface area contributed by atoms with Crippen LogP contribution in [0.1, 0.15) is 52.7 Å². The van der Waals surface area contributed by atoms with Gasteiger partial charge in [0.2, 0.25) is 0 Å². The topological polar surface area (TPSA) is 27.7 Å². The van der Waals surface area contributed by atoms with E-state index in [9.17, 15) is 0 Å². The Labute approximate surface area is 215 Å². The van der Waals surface area contributed by atoms with Gasteiger partial charge in [-0.15, -0.1) is 0 Å². The third kappa shape index (κ3) is 5.82. The maximum absolute atomic E-state index is 6.70. The summed E-state index contributed by atoms with van der Waals surface area (Å²) >= 11 is 13.3. The summed E-state index contributed by atoms with van der Waals surface area (Å²) in [4.78, 5) is 0. The second-order valence-electron chi connectivity index (χ2n) is 10.2. The quantitative estimate of drug-likeness (QED) is 0.309. The Hall–Kier alpha value is -1.93. The zero-order chi connectivity index (χ0) is 25.3. The third-order valence-corrected chi connectivity index (χ3v) is 7.84. The van der Waals surface area contributed by atoms with Crippen molar-refractivity contribution in [2.45, 2.75) is 52.4 Å². The predicted octanol–water partition coefficient (Wildman–Crippen LogP) is 8.03. The van der Waals surface area contributed by atoms with E-state index in [-0.39, 0.29) is 10.8 Å². The first-order valence-electron chi connectivity index (χ1n) is 11.2. The summed E-state index contributed by atoms with van der Waals surface area (Å²) in [5, 5.41) is 3.00. The lowest BCUT2D eigenvalue weighted by Crippen LogP contribution is -2.25. The van der Waals surface area contributed by atoms with E-state index < -0.39 is 8.15 Å². The van der Waals surface area contributed by atoms with Crippen LogP contribution >= 0.6 is 31.4 Å². The third-order valence-electron chi connectivity index (χ3n) is 5.47. The smallest absolute Gasteiger partial charge is 0.158 e. The van der Waals surface area contributed by atoms with E-state index in [1.165, 1.54) is 0 Å². The van der Waals surface area contributed by atoms with E-state index in [0.717, 1.165) is 39.0 Å². The molecular weight excluding hydrogens is 486 g/mol. The van der Waals surface area contributed by atoms with Crippen LogP contribution in [0.5, 0.6) is 17.2 Å². The molecule has 0 heterocycles. The molecule has 0 N–H and O–H groups in total. The number of hydrogen-bond donors (Lipinski definition) is 0. The fourth-order valence-electron chi connectivity index (χ4n) is 3.82. The molecule has 0 aliphatic carbocycles. The lowest BCUT2D eigenvalue weighted by atomic mass is 9.86. The van der Waals surface area contributed by atoms with Gasteiger partial charge < -0.3 is 14.0 Å². The molecule has 3 aromatic rings. The van der Waals surface area contributed by atoms with E-state index in [2.05, 4.69) is 41.5 Å². The van der Waals surface area contributed by atoms with Crippen LogP contribution in [0, 0.1) is 0 Å². The second kappa shape index (κ2) is 10.4. The van der Waals surface area contributed by atoms with Crippen LogP contribution in [0.2, 0.25) is 10.0 Å². The minimum Gasteiger partial charge on any atom is -0.496 e. The molecule has 0 saturated carbocycles. The summed E-state index contributed by atoms with van der Waals surface area (Å²) in [6, 6.07) is 17.6. The number of halogens is 2. The minimum atomic E-state index is -1.46. The number of rotatable bonds is 6. The molecule has 3 nitrogen and oxygen atoms in total. The molecule has 3 rings (SSSR count). The summed E-state index contributed by atoms with van der Waals surface area (Å²) < 4.78 is 18.7. The molecule has 0 aliphatic rings. The van der Waals surface area contributed by atoms with Gasteiger partial charge in [0.15, 0.2) is 8.15 Å². The first-order valence-corrected chi connectivity index (χ1v) is 13.2. The second-order valence-corrected chi connectivity index (χ2v) is 12.8. The molecule has 6 heteroatoms. The van der Waals surface area contributed by atoms with Crippen molar-refractivity contribution in [3.63, 3.8) is 0 Å². The maximum atomic E-state index is 6.70.